The summed E-state index contributed by atoms with van der Waals surface area (Å²) in [5, 5.41) is 3.81. The fourth-order valence-electron chi connectivity index (χ4n) is 3.60. The molecular formula is C17H15Si. The third-order valence-corrected chi connectivity index (χ3v) is 4.81. The summed E-state index contributed by atoms with van der Waals surface area (Å²) >= 11 is 0. The molecule has 0 amide bonds. The normalized spacial score (nSPS) is 25.7. The second-order valence-electron chi connectivity index (χ2n) is 5.67. The van der Waals surface area contributed by atoms with Gasteiger partial charge in [-0.1, -0.05) is 41.6 Å². The smallest absolute Gasteiger partial charge is 0.0712 e. The van der Waals surface area contributed by atoms with E-state index >= 15 is 0 Å². The summed E-state index contributed by atoms with van der Waals surface area (Å²) in [6.45, 7) is 0. The lowest BCUT2D eigenvalue weighted by molar-refractivity contribution is 0.695. The summed E-state index contributed by atoms with van der Waals surface area (Å²) in [4.78, 5) is 0. The van der Waals surface area contributed by atoms with Gasteiger partial charge in [0.05, 0.1) is 10.2 Å². The summed E-state index contributed by atoms with van der Waals surface area (Å²) in [6, 6.07) is 13.4. The van der Waals surface area contributed by atoms with Crippen LogP contribution in [0.25, 0.3) is 16.3 Å². The predicted molar refractivity (Wildman–Crippen MR) is 78.1 cm³/mol. The molecule has 2 unspecified atom stereocenters. The van der Waals surface area contributed by atoms with Crippen molar-refractivity contribution in [2.75, 3.05) is 0 Å². The summed E-state index contributed by atoms with van der Waals surface area (Å²) in [5.41, 5.74) is 3.05. The van der Waals surface area contributed by atoms with Crippen LogP contribution in [-0.4, -0.2) is 10.2 Å². The van der Waals surface area contributed by atoms with Crippen LogP contribution in [0, 0.1) is 11.8 Å². The van der Waals surface area contributed by atoms with Crippen molar-refractivity contribution in [2.45, 2.75) is 19.3 Å². The van der Waals surface area contributed by atoms with Crippen molar-refractivity contribution in [1.82, 2.24) is 0 Å². The first-order valence-corrected chi connectivity index (χ1v) is 7.27. The maximum Gasteiger partial charge on any atom is 0.0712 e. The van der Waals surface area contributed by atoms with Crippen molar-refractivity contribution in [1.29, 1.82) is 0 Å². The molecule has 0 spiro atoms. The van der Waals surface area contributed by atoms with Crippen molar-refractivity contribution in [3.8, 4) is 0 Å². The van der Waals surface area contributed by atoms with Gasteiger partial charge in [0.2, 0.25) is 0 Å². The zero-order valence-corrected chi connectivity index (χ0v) is 11.3. The topological polar surface area (TPSA) is 0 Å². The molecule has 3 radical (unpaired) electrons. The summed E-state index contributed by atoms with van der Waals surface area (Å²) in [6.07, 6.45) is 6.73. The number of hydrogen-bond acceptors (Lipinski definition) is 0. The molecular weight excluding hydrogens is 232 g/mol. The van der Waals surface area contributed by atoms with E-state index in [1.165, 1.54) is 35.6 Å². The Hall–Kier alpha value is -1.34. The highest BCUT2D eigenvalue weighted by Crippen LogP contribution is 2.48. The minimum atomic E-state index is 0.836. The van der Waals surface area contributed by atoms with Crippen LogP contribution in [0.15, 0.2) is 42.5 Å². The third-order valence-electron chi connectivity index (χ3n) is 4.50. The van der Waals surface area contributed by atoms with Gasteiger partial charge in [-0.2, -0.15) is 0 Å². The SMILES string of the molecule is [Si]c1ccc2cc(C3=CC4CCC3C4)ccc2c1. The van der Waals surface area contributed by atoms with E-state index in [-0.39, 0.29) is 0 Å². The monoisotopic (exact) mass is 247 g/mol. The quantitative estimate of drug-likeness (QED) is 0.677. The van der Waals surface area contributed by atoms with E-state index in [4.69, 9.17) is 0 Å². The highest BCUT2D eigenvalue weighted by atomic mass is 28.1. The fraction of sp³-hybridized carbons (Fsp3) is 0.294. The predicted octanol–water partition coefficient (Wildman–Crippen LogP) is 3.45. The van der Waals surface area contributed by atoms with Gasteiger partial charge in [-0.15, -0.1) is 0 Å². The van der Waals surface area contributed by atoms with Crippen LogP contribution in [0.1, 0.15) is 24.8 Å². The van der Waals surface area contributed by atoms with Crippen LogP contribution in [0.2, 0.25) is 0 Å². The molecule has 0 aliphatic heterocycles. The molecule has 1 heteroatoms. The molecule has 2 aliphatic rings. The van der Waals surface area contributed by atoms with E-state index < -0.39 is 0 Å². The average Bonchev–Trinajstić information content (AvgIpc) is 3.00. The Kier molecular flexibility index (Phi) is 2.25. The van der Waals surface area contributed by atoms with Crippen molar-refractivity contribution in [3.63, 3.8) is 0 Å². The molecule has 2 aromatic rings. The highest BCUT2D eigenvalue weighted by molar-refractivity contribution is 6.33. The van der Waals surface area contributed by atoms with Gasteiger partial charge >= 0.3 is 0 Å². The van der Waals surface area contributed by atoms with Crippen molar-refractivity contribution in [3.05, 3.63) is 48.0 Å². The van der Waals surface area contributed by atoms with Crippen molar-refractivity contribution in [2.24, 2.45) is 11.8 Å². The molecule has 4 rings (SSSR count). The van der Waals surface area contributed by atoms with Crippen LogP contribution < -0.4 is 5.19 Å². The van der Waals surface area contributed by atoms with Gasteiger partial charge in [-0.25, -0.2) is 0 Å². The van der Waals surface area contributed by atoms with Crippen LogP contribution in [0.3, 0.4) is 0 Å². The van der Waals surface area contributed by atoms with Gasteiger partial charge in [0.15, 0.2) is 0 Å². The van der Waals surface area contributed by atoms with Crippen LogP contribution in [0.4, 0.5) is 0 Å². The molecule has 2 aliphatic carbocycles. The standard InChI is InChI=1S/C17H15Si/c18-16-6-5-12-9-15(4-3-13(12)10-16)17-8-11-1-2-14(17)7-11/h3-6,8-11,14H,1-2,7H2. The lowest BCUT2D eigenvalue weighted by Gasteiger charge is -2.14. The summed E-state index contributed by atoms with van der Waals surface area (Å²) in [5.74, 6) is 1.70. The minimum Gasteiger partial charge on any atom is -0.0773 e. The molecule has 2 bridgehead atoms. The first-order valence-electron chi connectivity index (χ1n) is 6.77. The Morgan fingerprint density at radius 1 is 0.944 bits per heavy atom. The summed E-state index contributed by atoms with van der Waals surface area (Å²) < 4.78 is 0. The lowest BCUT2D eigenvalue weighted by atomic mass is 9.91. The first kappa shape index (κ1) is 10.6. The van der Waals surface area contributed by atoms with Crippen molar-refractivity contribution < 1.29 is 0 Å². The molecule has 0 heterocycles. The van der Waals surface area contributed by atoms with Crippen LogP contribution in [0.5, 0.6) is 0 Å². The van der Waals surface area contributed by atoms with E-state index in [1.807, 2.05) is 0 Å². The minimum absolute atomic E-state index is 0.836. The van der Waals surface area contributed by atoms with Gasteiger partial charge in [0.25, 0.3) is 0 Å². The van der Waals surface area contributed by atoms with E-state index in [1.54, 1.807) is 5.57 Å². The highest BCUT2D eigenvalue weighted by Gasteiger charge is 2.33. The van der Waals surface area contributed by atoms with Gasteiger partial charge in [-0.3, -0.25) is 0 Å². The van der Waals surface area contributed by atoms with E-state index in [0.29, 0.717) is 0 Å². The zero-order chi connectivity index (χ0) is 12.1. The molecule has 18 heavy (non-hydrogen) atoms. The van der Waals surface area contributed by atoms with Gasteiger partial charge in [0, 0.05) is 0 Å². The molecule has 1 saturated carbocycles. The van der Waals surface area contributed by atoms with E-state index in [2.05, 4.69) is 52.7 Å². The Morgan fingerprint density at radius 3 is 2.56 bits per heavy atom. The number of benzene rings is 2. The van der Waals surface area contributed by atoms with Gasteiger partial charge < -0.3 is 0 Å². The molecule has 2 aromatic carbocycles. The van der Waals surface area contributed by atoms with Crippen molar-refractivity contribution >= 4 is 31.8 Å². The van der Waals surface area contributed by atoms with E-state index in [0.717, 1.165) is 17.0 Å². The fourth-order valence-corrected chi connectivity index (χ4v) is 3.84. The average molecular weight is 247 g/mol. The number of rotatable bonds is 1. The molecule has 0 N–H and O–H groups in total. The molecule has 1 fully saturated rings. The molecule has 87 valence electrons. The number of hydrogen-bond donors (Lipinski definition) is 0. The molecule has 0 aromatic heterocycles. The van der Waals surface area contributed by atoms with E-state index in [9.17, 15) is 0 Å². The second-order valence-corrected chi connectivity index (χ2v) is 6.25. The lowest BCUT2D eigenvalue weighted by Crippen LogP contribution is -2.00. The maximum absolute atomic E-state index is 3.58. The second kappa shape index (κ2) is 3.82. The molecule has 0 saturated heterocycles. The van der Waals surface area contributed by atoms with Gasteiger partial charge in [0.1, 0.15) is 0 Å². The zero-order valence-electron chi connectivity index (χ0n) is 10.3. The number of fused-ring (bicyclic) bond motifs is 3. The van der Waals surface area contributed by atoms with Gasteiger partial charge in [-0.05, 0) is 59.1 Å². The summed E-state index contributed by atoms with van der Waals surface area (Å²) in [7, 11) is 3.58. The Bertz CT molecular complexity index is 654. The molecule has 0 nitrogen and oxygen atoms in total. The van der Waals surface area contributed by atoms with Crippen LogP contribution >= 0.6 is 0 Å². The number of allylic oxidation sites excluding steroid dienone is 2. The molecule has 2 atom stereocenters. The largest absolute Gasteiger partial charge is 0.0773 e. The van der Waals surface area contributed by atoms with Crippen LogP contribution in [-0.2, 0) is 0 Å². The Balaban J connectivity index is 1.82. The maximum atomic E-state index is 3.58. The third kappa shape index (κ3) is 1.58. The Labute approximate surface area is 111 Å². The first-order chi connectivity index (χ1) is 8.79. The Morgan fingerprint density at radius 2 is 1.78 bits per heavy atom.